The SMILES string of the molecule is CCCc1nc(C(=O)NCC2CCS(=O)(=O)C2)n[nH]1. The van der Waals surface area contributed by atoms with Gasteiger partial charge in [0.05, 0.1) is 11.5 Å². The molecule has 2 heterocycles. The van der Waals surface area contributed by atoms with Gasteiger partial charge in [-0.3, -0.25) is 9.89 Å². The lowest BCUT2D eigenvalue weighted by atomic mass is 10.1. The molecule has 106 valence electrons. The van der Waals surface area contributed by atoms with Gasteiger partial charge in [-0.1, -0.05) is 6.92 Å². The number of nitrogens with one attached hydrogen (secondary N) is 2. The van der Waals surface area contributed by atoms with Crippen molar-refractivity contribution in [2.24, 2.45) is 5.92 Å². The second kappa shape index (κ2) is 5.68. The van der Waals surface area contributed by atoms with E-state index in [0.717, 1.165) is 12.8 Å². The van der Waals surface area contributed by atoms with E-state index in [1.807, 2.05) is 6.92 Å². The number of aryl methyl sites for hydroxylation is 1. The molecule has 0 radical (unpaired) electrons. The van der Waals surface area contributed by atoms with Gasteiger partial charge in [-0.05, 0) is 18.8 Å². The first-order valence-electron chi connectivity index (χ1n) is 6.40. The number of H-pyrrole nitrogens is 1. The second-order valence-electron chi connectivity index (χ2n) is 4.83. The van der Waals surface area contributed by atoms with Crippen molar-refractivity contribution in [2.45, 2.75) is 26.2 Å². The van der Waals surface area contributed by atoms with Crippen LogP contribution < -0.4 is 5.32 Å². The topological polar surface area (TPSA) is 105 Å². The van der Waals surface area contributed by atoms with E-state index in [9.17, 15) is 13.2 Å². The molecule has 0 aromatic carbocycles. The maximum atomic E-state index is 11.8. The van der Waals surface area contributed by atoms with Crippen LogP contribution in [0.15, 0.2) is 0 Å². The molecule has 0 bridgehead atoms. The molecule has 1 aliphatic heterocycles. The van der Waals surface area contributed by atoms with Crippen LogP contribution in [-0.2, 0) is 16.3 Å². The van der Waals surface area contributed by atoms with Gasteiger partial charge < -0.3 is 5.32 Å². The fourth-order valence-corrected chi connectivity index (χ4v) is 3.96. The zero-order chi connectivity index (χ0) is 13.9. The maximum absolute atomic E-state index is 11.8. The summed E-state index contributed by atoms with van der Waals surface area (Å²) in [6, 6.07) is 0. The highest BCUT2D eigenvalue weighted by atomic mass is 32.2. The molecule has 1 atom stereocenters. The van der Waals surface area contributed by atoms with Crippen molar-refractivity contribution in [3.8, 4) is 0 Å². The lowest BCUT2D eigenvalue weighted by molar-refractivity contribution is 0.0938. The Balaban J connectivity index is 1.84. The fourth-order valence-electron chi connectivity index (χ4n) is 2.09. The molecule has 1 aromatic heterocycles. The molecule has 1 unspecified atom stereocenters. The monoisotopic (exact) mass is 286 g/mol. The highest BCUT2D eigenvalue weighted by Gasteiger charge is 2.28. The molecule has 8 heteroatoms. The third-order valence-corrected chi connectivity index (χ3v) is 4.94. The van der Waals surface area contributed by atoms with Gasteiger partial charge in [-0.25, -0.2) is 13.4 Å². The van der Waals surface area contributed by atoms with E-state index in [1.54, 1.807) is 0 Å². The number of carbonyl (C=O) groups excluding carboxylic acids is 1. The summed E-state index contributed by atoms with van der Waals surface area (Å²) < 4.78 is 22.6. The molecule has 19 heavy (non-hydrogen) atoms. The zero-order valence-corrected chi connectivity index (χ0v) is 11.7. The molecule has 7 nitrogen and oxygen atoms in total. The van der Waals surface area contributed by atoms with Crippen LogP contribution in [0.5, 0.6) is 0 Å². The van der Waals surface area contributed by atoms with E-state index < -0.39 is 9.84 Å². The standard InChI is InChI=1S/C11H18N4O3S/c1-2-3-9-13-10(15-14-9)11(16)12-6-8-4-5-19(17,18)7-8/h8H,2-7H2,1H3,(H,12,16)(H,13,14,15). The summed E-state index contributed by atoms with van der Waals surface area (Å²) in [5.41, 5.74) is 0. The van der Waals surface area contributed by atoms with Crippen molar-refractivity contribution in [3.05, 3.63) is 11.6 Å². The molecule has 1 aromatic rings. The molecule has 0 spiro atoms. The van der Waals surface area contributed by atoms with Crippen molar-refractivity contribution in [1.82, 2.24) is 20.5 Å². The second-order valence-corrected chi connectivity index (χ2v) is 7.06. The number of hydrogen-bond acceptors (Lipinski definition) is 5. The van der Waals surface area contributed by atoms with Crippen molar-refractivity contribution >= 4 is 15.7 Å². The molecular weight excluding hydrogens is 268 g/mol. The maximum Gasteiger partial charge on any atom is 0.290 e. The van der Waals surface area contributed by atoms with Crippen LogP contribution in [0.4, 0.5) is 0 Å². The third-order valence-electron chi connectivity index (χ3n) is 3.10. The molecule has 0 aliphatic carbocycles. The molecule has 1 amide bonds. The molecule has 1 aliphatic rings. The molecule has 2 N–H and O–H groups in total. The minimum atomic E-state index is -2.90. The summed E-state index contributed by atoms with van der Waals surface area (Å²) >= 11 is 0. The van der Waals surface area contributed by atoms with Crippen LogP contribution in [0.1, 0.15) is 36.2 Å². The van der Waals surface area contributed by atoms with Crippen LogP contribution in [0.3, 0.4) is 0 Å². The van der Waals surface area contributed by atoms with Crippen molar-refractivity contribution in [1.29, 1.82) is 0 Å². The van der Waals surface area contributed by atoms with E-state index in [0.29, 0.717) is 18.8 Å². The van der Waals surface area contributed by atoms with Gasteiger partial charge in [0, 0.05) is 13.0 Å². The minimum Gasteiger partial charge on any atom is -0.349 e. The molecule has 1 saturated heterocycles. The molecule has 1 fully saturated rings. The molecular formula is C11H18N4O3S. The average molecular weight is 286 g/mol. The van der Waals surface area contributed by atoms with Gasteiger partial charge in [-0.15, -0.1) is 5.10 Å². The number of aromatic amines is 1. The smallest absolute Gasteiger partial charge is 0.290 e. The highest BCUT2D eigenvalue weighted by molar-refractivity contribution is 7.91. The Bertz CT molecular complexity index is 552. The summed E-state index contributed by atoms with van der Waals surface area (Å²) in [6.45, 7) is 2.37. The Morgan fingerprint density at radius 3 is 2.95 bits per heavy atom. The summed E-state index contributed by atoms with van der Waals surface area (Å²) in [5, 5.41) is 9.24. The van der Waals surface area contributed by atoms with Gasteiger partial charge in [-0.2, -0.15) is 0 Å². The van der Waals surface area contributed by atoms with Crippen LogP contribution in [0.25, 0.3) is 0 Å². The summed E-state index contributed by atoms with van der Waals surface area (Å²) in [4.78, 5) is 15.9. The van der Waals surface area contributed by atoms with Crippen LogP contribution >= 0.6 is 0 Å². The number of nitrogens with zero attached hydrogens (tertiary/aromatic N) is 2. The number of carbonyl (C=O) groups is 1. The third kappa shape index (κ3) is 3.76. The Hall–Kier alpha value is -1.44. The lowest BCUT2D eigenvalue weighted by Crippen LogP contribution is -2.30. The fraction of sp³-hybridized carbons (Fsp3) is 0.727. The Kier molecular flexibility index (Phi) is 4.18. The molecule has 0 saturated carbocycles. The number of rotatable bonds is 5. The molecule has 2 rings (SSSR count). The van der Waals surface area contributed by atoms with E-state index in [-0.39, 0.29) is 29.2 Å². The summed E-state index contributed by atoms with van der Waals surface area (Å²) in [6.07, 6.45) is 2.29. The first kappa shape index (κ1) is 14.0. The van der Waals surface area contributed by atoms with Gasteiger partial charge >= 0.3 is 0 Å². The lowest BCUT2D eigenvalue weighted by Gasteiger charge is -2.07. The van der Waals surface area contributed by atoms with E-state index in [1.165, 1.54) is 0 Å². The van der Waals surface area contributed by atoms with Crippen LogP contribution in [0.2, 0.25) is 0 Å². The highest BCUT2D eigenvalue weighted by Crippen LogP contribution is 2.17. The number of hydrogen-bond donors (Lipinski definition) is 2. The van der Waals surface area contributed by atoms with Crippen molar-refractivity contribution in [3.63, 3.8) is 0 Å². The number of aromatic nitrogens is 3. The van der Waals surface area contributed by atoms with Gasteiger partial charge in [0.15, 0.2) is 9.84 Å². The van der Waals surface area contributed by atoms with E-state index >= 15 is 0 Å². The average Bonchev–Trinajstić information content (AvgIpc) is 2.93. The van der Waals surface area contributed by atoms with Crippen molar-refractivity contribution < 1.29 is 13.2 Å². The van der Waals surface area contributed by atoms with Crippen LogP contribution in [-0.4, -0.2) is 47.6 Å². The summed E-state index contributed by atoms with van der Waals surface area (Å²) in [7, 11) is -2.90. The normalized spacial score (nSPS) is 21.4. The van der Waals surface area contributed by atoms with Gasteiger partial charge in [0.1, 0.15) is 5.82 Å². The Morgan fingerprint density at radius 2 is 2.32 bits per heavy atom. The van der Waals surface area contributed by atoms with Gasteiger partial charge in [0.2, 0.25) is 5.82 Å². The number of amides is 1. The first-order valence-corrected chi connectivity index (χ1v) is 8.22. The first-order chi connectivity index (χ1) is 9.00. The Morgan fingerprint density at radius 1 is 1.53 bits per heavy atom. The quantitative estimate of drug-likeness (QED) is 0.788. The zero-order valence-electron chi connectivity index (χ0n) is 10.8. The van der Waals surface area contributed by atoms with Crippen molar-refractivity contribution in [2.75, 3.05) is 18.1 Å². The number of sulfone groups is 1. The van der Waals surface area contributed by atoms with E-state index in [4.69, 9.17) is 0 Å². The predicted octanol–water partition coefficient (Wildman–Crippen LogP) is -0.0783. The Labute approximate surface area is 112 Å². The van der Waals surface area contributed by atoms with E-state index in [2.05, 4.69) is 20.5 Å². The van der Waals surface area contributed by atoms with Crippen LogP contribution in [0, 0.1) is 5.92 Å². The predicted molar refractivity (Wildman–Crippen MR) is 69.5 cm³/mol. The summed E-state index contributed by atoms with van der Waals surface area (Å²) in [5.74, 6) is 0.823. The largest absolute Gasteiger partial charge is 0.349 e. The van der Waals surface area contributed by atoms with Gasteiger partial charge in [0.25, 0.3) is 5.91 Å². The minimum absolute atomic E-state index is 0.00278.